The van der Waals surface area contributed by atoms with E-state index in [0.717, 1.165) is 31.7 Å². The standard InChI is InChI=1S/C10H12N2O/c11-12-5-3-7-1-2-9-8(10(7)12)4-6-13-9/h1-2H,3-6,11H2. The second-order valence-corrected chi connectivity index (χ2v) is 3.59. The van der Waals surface area contributed by atoms with Crippen LogP contribution in [0.15, 0.2) is 12.1 Å². The highest BCUT2D eigenvalue weighted by Gasteiger charge is 2.25. The van der Waals surface area contributed by atoms with E-state index >= 15 is 0 Å². The van der Waals surface area contributed by atoms with E-state index in [1.165, 1.54) is 16.8 Å². The highest BCUT2D eigenvalue weighted by Crippen LogP contribution is 2.38. The molecule has 3 heteroatoms. The van der Waals surface area contributed by atoms with E-state index in [1.807, 2.05) is 5.01 Å². The van der Waals surface area contributed by atoms with Crippen LogP contribution < -0.4 is 15.6 Å². The van der Waals surface area contributed by atoms with Gasteiger partial charge in [-0.1, -0.05) is 6.07 Å². The molecule has 2 heterocycles. The zero-order valence-corrected chi connectivity index (χ0v) is 7.42. The first-order valence-electron chi connectivity index (χ1n) is 4.66. The van der Waals surface area contributed by atoms with E-state index in [1.54, 1.807) is 0 Å². The Hall–Kier alpha value is -1.22. The first kappa shape index (κ1) is 7.21. The third-order valence-electron chi connectivity index (χ3n) is 2.84. The van der Waals surface area contributed by atoms with Crippen LogP contribution in [-0.4, -0.2) is 13.2 Å². The fourth-order valence-electron chi connectivity index (χ4n) is 2.22. The van der Waals surface area contributed by atoms with Crippen molar-refractivity contribution in [2.75, 3.05) is 18.2 Å². The summed E-state index contributed by atoms with van der Waals surface area (Å²) in [5.41, 5.74) is 3.89. The van der Waals surface area contributed by atoms with Crippen molar-refractivity contribution in [1.82, 2.24) is 0 Å². The van der Waals surface area contributed by atoms with E-state index in [-0.39, 0.29) is 0 Å². The van der Waals surface area contributed by atoms with Crippen molar-refractivity contribution in [3.63, 3.8) is 0 Å². The lowest BCUT2D eigenvalue weighted by atomic mass is 10.1. The van der Waals surface area contributed by atoms with Gasteiger partial charge in [0.15, 0.2) is 0 Å². The summed E-state index contributed by atoms with van der Waals surface area (Å²) in [4.78, 5) is 0. The number of benzene rings is 1. The van der Waals surface area contributed by atoms with E-state index in [4.69, 9.17) is 10.6 Å². The van der Waals surface area contributed by atoms with Crippen LogP contribution in [0.3, 0.4) is 0 Å². The van der Waals surface area contributed by atoms with E-state index in [9.17, 15) is 0 Å². The normalized spacial score (nSPS) is 18.4. The minimum absolute atomic E-state index is 0.805. The number of hydrogen-bond acceptors (Lipinski definition) is 3. The molecule has 68 valence electrons. The Balaban J connectivity index is 2.23. The Morgan fingerprint density at radius 2 is 2.23 bits per heavy atom. The van der Waals surface area contributed by atoms with Gasteiger partial charge in [0.1, 0.15) is 5.75 Å². The highest BCUT2D eigenvalue weighted by atomic mass is 16.5. The van der Waals surface area contributed by atoms with Crippen LogP contribution >= 0.6 is 0 Å². The zero-order chi connectivity index (χ0) is 8.84. The SMILES string of the molecule is NN1CCc2ccc3c(c21)CCO3. The summed E-state index contributed by atoms with van der Waals surface area (Å²) in [5.74, 6) is 6.92. The molecule has 0 saturated heterocycles. The van der Waals surface area contributed by atoms with Crippen LogP contribution in [0.4, 0.5) is 5.69 Å². The number of hydrazine groups is 1. The average molecular weight is 176 g/mol. The third-order valence-corrected chi connectivity index (χ3v) is 2.84. The summed E-state index contributed by atoms with van der Waals surface area (Å²) in [7, 11) is 0. The summed E-state index contributed by atoms with van der Waals surface area (Å²) >= 11 is 0. The molecule has 1 aromatic carbocycles. The molecule has 0 amide bonds. The zero-order valence-electron chi connectivity index (χ0n) is 7.42. The molecule has 2 N–H and O–H groups in total. The van der Waals surface area contributed by atoms with Gasteiger partial charge < -0.3 is 9.75 Å². The molecule has 0 fully saturated rings. The van der Waals surface area contributed by atoms with Gasteiger partial charge in [-0.3, -0.25) is 0 Å². The van der Waals surface area contributed by atoms with Crippen molar-refractivity contribution in [1.29, 1.82) is 0 Å². The molecule has 1 aromatic rings. The van der Waals surface area contributed by atoms with E-state index < -0.39 is 0 Å². The van der Waals surface area contributed by atoms with Crippen molar-refractivity contribution >= 4 is 5.69 Å². The fraction of sp³-hybridized carbons (Fsp3) is 0.400. The van der Waals surface area contributed by atoms with Gasteiger partial charge in [0.25, 0.3) is 0 Å². The molecule has 0 aliphatic carbocycles. The Morgan fingerprint density at radius 3 is 3.15 bits per heavy atom. The van der Waals surface area contributed by atoms with Crippen molar-refractivity contribution in [3.8, 4) is 5.75 Å². The number of hydrogen-bond donors (Lipinski definition) is 1. The lowest BCUT2D eigenvalue weighted by Crippen LogP contribution is -2.28. The molecule has 0 spiro atoms. The van der Waals surface area contributed by atoms with Crippen molar-refractivity contribution in [2.24, 2.45) is 5.84 Å². The number of ether oxygens (including phenoxy) is 1. The molecule has 0 unspecified atom stereocenters. The Kier molecular flexibility index (Phi) is 1.32. The second-order valence-electron chi connectivity index (χ2n) is 3.59. The molecule has 0 aromatic heterocycles. The summed E-state index contributed by atoms with van der Waals surface area (Å²) in [6.45, 7) is 1.74. The van der Waals surface area contributed by atoms with Crippen molar-refractivity contribution in [3.05, 3.63) is 23.3 Å². The molecular weight excluding hydrogens is 164 g/mol. The molecule has 3 rings (SSSR count). The molecule has 0 radical (unpaired) electrons. The largest absolute Gasteiger partial charge is 0.493 e. The maximum atomic E-state index is 5.90. The number of nitrogens with zero attached hydrogens (tertiary/aromatic N) is 1. The topological polar surface area (TPSA) is 38.5 Å². The fourth-order valence-corrected chi connectivity index (χ4v) is 2.22. The van der Waals surface area contributed by atoms with Crippen LogP contribution in [0.5, 0.6) is 5.75 Å². The molecule has 2 aliphatic heterocycles. The van der Waals surface area contributed by atoms with Crippen LogP contribution in [0, 0.1) is 0 Å². The van der Waals surface area contributed by atoms with Crippen LogP contribution in [0.1, 0.15) is 11.1 Å². The molecule has 13 heavy (non-hydrogen) atoms. The Morgan fingerprint density at radius 1 is 1.31 bits per heavy atom. The average Bonchev–Trinajstić information content (AvgIpc) is 2.70. The quantitative estimate of drug-likeness (QED) is 0.596. The summed E-state index contributed by atoms with van der Waals surface area (Å²) < 4.78 is 5.49. The van der Waals surface area contributed by atoms with E-state index in [0.29, 0.717) is 0 Å². The van der Waals surface area contributed by atoms with Gasteiger partial charge in [-0.25, -0.2) is 5.84 Å². The number of anilines is 1. The lowest BCUT2D eigenvalue weighted by Gasteiger charge is -2.14. The lowest BCUT2D eigenvalue weighted by molar-refractivity contribution is 0.357. The van der Waals surface area contributed by atoms with Crippen LogP contribution in [0.25, 0.3) is 0 Å². The summed E-state index contributed by atoms with van der Waals surface area (Å²) in [6.07, 6.45) is 2.07. The monoisotopic (exact) mass is 176 g/mol. The Bertz CT molecular complexity index is 362. The predicted molar refractivity (Wildman–Crippen MR) is 50.9 cm³/mol. The maximum absolute atomic E-state index is 5.90. The highest BCUT2D eigenvalue weighted by molar-refractivity contribution is 5.67. The number of nitrogens with two attached hydrogens (primary N) is 1. The molecule has 0 bridgehead atoms. The molecule has 0 atom stereocenters. The minimum atomic E-state index is 0.805. The Labute approximate surface area is 77.1 Å². The summed E-state index contributed by atoms with van der Waals surface area (Å²) in [6, 6.07) is 4.20. The van der Waals surface area contributed by atoms with E-state index in [2.05, 4.69) is 12.1 Å². The number of fused-ring (bicyclic) bond motifs is 3. The second kappa shape index (κ2) is 2.39. The van der Waals surface area contributed by atoms with Gasteiger partial charge in [-0.15, -0.1) is 0 Å². The van der Waals surface area contributed by atoms with Gasteiger partial charge in [-0.2, -0.15) is 0 Å². The molecule has 0 saturated carbocycles. The van der Waals surface area contributed by atoms with Crippen LogP contribution in [-0.2, 0) is 12.8 Å². The molecule has 3 nitrogen and oxygen atoms in total. The van der Waals surface area contributed by atoms with Crippen LogP contribution in [0.2, 0.25) is 0 Å². The van der Waals surface area contributed by atoms with Gasteiger partial charge in [-0.05, 0) is 18.1 Å². The maximum Gasteiger partial charge on any atom is 0.124 e. The minimum Gasteiger partial charge on any atom is -0.493 e. The van der Waals surface area contributed by atoms with Crippen molar-refractivity contribution < 1.29 is 4.74 Å². The molecular formula is C10H12N2O. The van der Waals surface area contributed by atoms with Gasteiger partial charge in [0.05, 0.1) is 12.3 Å². The van der Waals surface area contributed by atoms with Gasteiger partial charge in [0.2, 0.25) is 0 Å². The van der Waals surface area contributed by atoms with Gasteiger partial charge >= 0.3 is 0 Å². The smallest absolute Gasteiger partial charge is 0.124 e. The molecule has 2 aliphatic rings. The van der Waals surface area contributed by atoms with Gasteiger partial charge in [0, 0.05) is 18.5 Å². The first-order chi connectivity index (χ1) is 6.36. The third kappa shape index (κ3) is 0.877. The first-order valence-corrected chi connectivity index (χ1v) is 4.66. The van der Waals surface area contributed by atoms with Crippen molar-refractivity contribution in [2.45, 2.75) is 12.8 Å². The number of rotatable bonds is 0. The predicted octanol–water partition coefficient (Wildman–Crippen LogP) is 0.858. The summed E-state index contributed by atoms with van der Waals surface area (Å²) in [5, 5.41) is 1.85.